The maximum Gasteiger partial charge on any atom is 0.410 e. The number of anilines is 1. The van der Waals surface area contributed by atoms with Gasteiger partial charge in [-0.2, -0.15) is 0 Å². The van der Waals surface area contributed by atoms with Crippen molar-refractivity contribution in [3.05, 3.63) is 41.8 Å². The normalized spacial score (nSPS) is 24.9. The van der Waals surface area contributed by atoms with Crippen molar-refractivity contribution < 1.29 is 51.7 Å². The number of benzene rings is 1. The van der Waals surface area contributed by atoms with Gasteiger partial charge in [0.1, 0.15) is 40.9 Å². The van der Waals surface area contributed by atoms with Crippen molar-refractivity contribution in [2.75, 3.05) is 25.6 Å². The van der Waals surface area contributed by atoms with Gasteiger partial charge in [-0.25, -0.2) is 28.0 Å². The molecule has 5 N–H and O–H groups in total. The van der Waals surface area contributed by atoms with Gasteiger partial charge in [0, 0.05) is 35.2 Å². The van der Waals surface area contributed by atoms with E-state index in [-0.39, 0.29) is 31.1 Å². The Kier molecular flexibility index (Phi) is 12.2. The molecule has 0 spiro atoms. The monoisotopic (exact) mass is 867 g/mol. The van der Waals surface area contributed by atoms with E-state index in [1.807, 2.05) is 6.07 Å². The first-order valence-electron chi connectivity index (χ1n) is 20.0. The van der Waals surface area contributed by atoms with Crippen molar-refractivity contribution in [3.63, 3.8) is 0 Å². The van der Waals surface area contributed by atoms with Crippen molar-refractivity contribution in [2.45, 2.75) is 101 Å². The van der Waals surface area contributed by atoms with E-state index in [4.69, 9.17) is 19.2 Å². The number of carbonyl (C=O) groups excluding carboxylic acids is 4. The second-order valence-electron chi connectivity index (χ2n) is 16.0. The number of cyclic esters (lactones) is 1. The summed E-state index contributed by atoms with van der Waals surface area (Å²) in [6.45, 7) is 7.32. The maximum atomic E-state index is 14.5. The number of ether oxygens (including phenoxy) is 3. The molecule has 0 unspecified atom stereocenters. The van der Waals surface area contributed by atoms with Crippen LogP contribution < -0.4 is 30.1 Å². The molecule has 1 aromatic carbocycles. The van der Waals surface area contributed by atoms with E-state index in [1.54, 1.807) is 38.5 Å². The Morgan fingerprint density at radius 1 is 1.12 bits per heavy atom. The minimum absolute atomic E-state index is 0.0464. The van der Waals surface area contributed by atoms with Crippen molar-refractivity contribution in [2.24, 2.45) is 11.8 Å². The second-order valence-corrected chi connectivity index (χ2v) is 18.8. The average molecular weight is 868 g/mol. The standard InChI is InChI=1S/C40H49N7O11S2/c1-5-23-18-40(23,36(50)46-60(54,55)25-11-12-25)45-34(48)30-15-24-19-47(30)35(49)33(21(2)3)43-39(53)57-13-9-7-6-8-10-22-14-26-27(16-31(22)56-4)41-28(17-32(26)58-24)29-20-59-37(42-29)44-38(51)52/h5,14,16-17,20-21,23-25,30,33H,1,6-13,15,18-19H2,2-4H3,(H,42,44)(H,43,53)(H,45,48)(H,46,50)(H,51,52)/t23-,24-,30+,33+,40-/m1/s1. The summed E-state index contributed by atoms with van der Waals surface area (Å²) in [4.78, 5) is 77.5. The van der Waals surface area contributed by atoms with Gasteiger partial charge in [-0.1, -0.05) is 32.8 Å². The molecule has 3 aromatic rings. The van der Waals surface area contributed by atoms with E-state index in [2.05, 4.69) is 32.2 Å². The van der Waals surface area contributed by atoms with Crippen LogP contribution in [-0.2, 0) is 35.6 Å². The molecule has 4 heterocycles. The summed E-state index contributed by atoms with van der Waals surface area (Å²) in [5.41, 5.74) is 0.519. The lowest BCUT2D eigenvalue weighted by Crippen LogP contribution is -2.59. The molecule has 0 radical (unpaired) electrons. The summed E-state index contributed by atoms with van der Waals surface area (Å²) in [7, 11) is -2.38. The van der Waals surface area contributed by atoms with Crippen LogP contribution in [0.5, 0.6) is 11.5 Å². The Balaban J connectivity index is 1.27. The highest BCUT2D eigenvalue weighted by Gasteiger charge is 2.62. The number of hydrogen-bond acceptors (Lipinski definition) is 13. The number of methoxy groups -OCH3 is 1. The van der Waals surface area contributed by atoms with E-state index >= 15 is 0 Å². The fourth-order valence-electron chi connectivity index (χ4n) is 7.79. The third kappa shape index (κ3) is 9.13. The van der Waals surface area contributed by atoms with Gasteiger partial charge < -0.3 is 34.9 Å². The number of thiazole rings is 1. The highest BCUT2D eigenvalue weighted by molar-refractivity contribution is 7.91. The molecule has 2 aliphatic heterocycles. The van der Waals surface area contributed by atoms with Gasteiger partial charge in [0.2, 0.25) is 21.8 Å². The average Bonchev–Trinajstić information content (AvgIpc) is 4.09. The first-order valence-corrected chi connectivity index (χ1v) is 22.4. The number of aromatic nitrogens is 2. The van der Waals surface area contributed by atoms with Crippen LogP contribution in [0.3, 0.4) is 0 Å². The van der Waals surface area contributed by atoms with E-state index in [0.717, 1.165) is 36.2 Å². The fraction of sp³-hybridized carbons (Fsp3) is 0.525. The molecule has 1 saturated heterocycles. The Morgan fingerprint density at radius 2 is 1.88 bits per heavy atom. The Labute approximate surface area is 350 Å². The van der Waals surface area contributed by atoms with Crippen molar-refractivity contribution >= 4 is 67.3 Å². The number of aryl methyl sites for hydroxylation is 1. The molecule has 322 valence electrons. The number of nitrogens with one attached hydrogen (secondary N) is 4. The predicted octanol–water partition coefficient (Wildman–Crippen LogP) is 4.34. The van der Waals surface area contributed by atoms with Gasteiger partial charge in [-0.15, -0.1) is 17.9 Å². The Bertz CT molecular complexity index is 2310. The summed E-state index contributed by atoms with van der Waals surface area (Å²) >= 11 is 1.08. The number of sulfonamides is 1. The third-order valence-electron chi connectivity index (χ3n) is 11.3. The van der Waals surface area contributed by atoms with Crippen LogP contribution in [0.1, 0.15) is 70.8 Å². The lowest BCUT2D eigenvalue weighted by molar-refractivity contribution is -0.141. The van der Waals surface area contributed by atoms with E-state index in [1.165, 1.54) is 11.0 Å². The summed E-state index contributed by atoms with van der Waals surface area (Å²) in [5.74, 6) is -2.20. The van der Waals surface area contributed by atoms with Crippen LogP contribution in [0.25, 0.3) is 22.3 Å². The molecule has 2 aliphatic carbocycles. The van der Waals surface area contributed by atoms with E-state index < -0.39 is 80.7 Å². The molecular formula is C40H49N7O11S2. The van der Waals surface area contributed by atoms with Crippen LogP contribution in [-0.4, -0.2) is 108 Å². The van der Waals surface area contributed by atoms with E-state index in [9.17, 15) is 37.5 Å². The predicted molar refractivity (Wildman–Crippen MR) is 220 cm³/mol. The smallest absolute Gasteiger partial charge is 0.410 e. The number of hydrogen-bond donors (Lipinski definition) is 5. The Morgan fingerprint density at radius 3 is 2.57 bits per heavy atom. The van der Waals surface area contributed by atoms with Crippen LogP contribution in [0.4, 0.5) is 14.7 Å². The number of carbonyl (C=O) groups is 5. The van der Waals surface area contributed by atoms with Gasteiger partial charge in [-0.05, 0) is 56.1 Å². The molecule has 20 heteroatoms. The minimum atomic E-state index is -3.94. The highest BCUT2D eigenvalue weighted by atomic mass is 32.2. The molecule has 2 saturated carbocycles. The van der Waals surface area contributed by atoms with Gasteiger partial charge in [0.15, 0.2) is 5.13 Å². The first kappa shape index (κ1) is 42.6. The molecule has 4 bridgehead atoms. The van der Waals surface area contributed by atoms with Crippen molar-refractivity contribution in [1.29, 1.82) is 0 Å². The number of pyridine rings is 1. The lowest BCUT2D eigenvalue weighted by Gasteiger charge is -2.31. The number of alkyl carbamates (subject to hydrolysis) is 1. The van der Waals surface area contributed by atoms with Crippen molar-refractivity contribution in [1.82, 2.24) is 30.2 Å². The third-order valence-corrected chi connectivity index (χ3v) is 13.9. The topological polar surface area (TPSA) is 245 Å². The number of nitrogens with zero attached hydrogens (tertiary/aromatic N) is 3. The number of amides is 5. The molecule has 7 rings (SSSR count). The number of carboxylic acid groups (broad SMARTS) is 1. The second kappa shape index (κ2) is 17.2. The lowest BCUT2D eigenvalue weighted by atomic mass is 10.0. The summed E-state index contributed by atoms with van der Waals surface area (Å²) in [5, 5.41) is 18.7. The summed E-state index contributed by atoms with van der Waals surface area (Å²) in [6.07, 6.45) is 3.25. The molecule has 3 fully saturated rings. The SMILES string of the molecule is C=C[C@@H]1C[C@]1(NC(=O)[C@@H]1C[C@@H]2CN1C(=O)[C@H](C(C)C)NC(=O)OCCCCCCc1cc3c(cc(-c4csc(NC(=O)O)n4)nc3cc1OC)O2)C(=O)NS(=O)(=O)C1CC1. The van der Waals surface area contributed by atoms with Gasteiger partial charge in [-0.3, -0.25) is 24.4 Å². The minimum Gasteiger partial charge on any atom is -0.496 e. The summed E-state index contributed by atoms with van der Waals surface area (Å²) < 4.78 is 45.7. The molecular weight excluding hydrogens is 819 g/mol. The number of rotatable bonds is 10. The molecule has 2 aromatic heterocycles. The molecule has 5 atom stereocenters. The van der Waals surface area contributed by atoms with Crippen LogP contribution >= 0.6 is 11.3 Å². The first-order chi connectivity index (χ1) is 28.6. The quantitative estimate of drug-likeness (QED) is 0.178. The van der Waals surface area contributed by atoms with Gasteiger partial charge in [0.05, 0.1) is 36.7 Å². The zero-order valence-electron chi connectivity index (χ0n) is 33.5. The van der Waals surface area contributed by atoms with Gasteiger partial charge in [0.25, 0.3) is 5.91 Å². The molecule has 4 aliphatic rings. The van der Waals surface area contributed by atoms with Crippen LogP contribution in [0.15, 0.2) is 36.2 Å². The Hall–Kier alpha value is -5.50. The van der Waals surface area contributed by atoms with Crippen LogP contribution in [0.2, 0.25) is 0 Å². The molecule has 5 amide bonds. The maximum absolute atomic E-state index is 14.5. The zero-order valence-corrected chi connectivity index (χ0v) is 35.2. The van der Waals surface area contributed by atoms with E-state index in [0.29, 0.717) is 59.5 Å². The molecule has 60 heavy (non-hydrogen) atoms. The highest BCUT2D eigenvalue weighted by Crippen LogP contribution is 2.46. The number of fused-ring (bicyclic) bond motifs is 3. The largest absolute Gasteiger partial charge is 0.496 e. The zero-order chi connectivity index (χ0) is 42.9. The van der Waals surface area contributed by atoms with Gasteiger partial charge >= 0.3 is 12.2 Å². The van der Waals surface area contributed by atoms with Crippen LogP contribution in [0, 0.1) is 11.8 Å². The van der Waals surface area contributed by atoms with Crippen molar-refractivity contribution in [3.8, 4) is 22.9 Å². The fourth-order valence-corrected chi connectivity index (χ4v) is 9.85. The summed E-state index contributed by atoms with van der Waals surface area (Å²) in [6, 6.07) is 3.10. The molecule has 18 nitrogen and oxygen atoms in total.